The van der Waals surface area contributed by atoms with E-state index in [9.17, 15) is 0 Å². The van der Waals surface area contributed by atoms with E-state index in [4.69, 9.17) is 0 Å². The number of nitrogens with zero attached hydrogens (tertiary/aromatic N) is 2. The highest BCUT2D eigenvalue weighted by Gasteiger charge is 2.02. The Labute approximate surface area is 80.3 Å². The fourth-order valence-electron chi connectivity index (χ4n) is 1.07. The van der Waals surface area contributed by atoms with Gasteiger partial charge in [0.05, 0.1) is 6.20 Å². The minimum Gasteiger partial charge on any atom is -0.272 e. The molecule has 1 aromatic heterocycles. The first-order valence-corrected chi connectivity index (χ1v) is 4.69. The fraction of sp³-hybridized carbons (Fsp3) is 0.545. The van der Waals surface area contributed by atoms with Crippen molar-refractivity contribution >= 4 is 6.08 Å². The molecule has 0 aliphatic rings. The summed E-state index contributed by atoms with van der Waals surface area (Å²) in [5, 5.41) is 4.20. The minimum atomic E-state index is 0.611. The van der Waals surface area contributed by atoms with Crippen LogP contribution in [-0.2, 0) is 7.05 Å². The van der Waals surface area contributed by atoms with Crippen molar-refractivity contribution in [2.24, 2.45) is 13.0 Å². The lowest BCUT2D eigenvalue weighted by Gasteiger charge is -2.04. The highest BCUT2D eigenvalue weighted by Crippen LogP contribution is 2.15. The molecule has 0 aliphatic carbocycles. The normalized spacial score (nSPS) is 12.6. The fourth-order valence-corrected chi connectivity index (χ4v) is 1.07. The van der Waals surface area contributed by atoms with E-state index in [2.05, 4.69) is 38.9 Å². The molecular weight excluding hydrogens is 160 g/mol. The zero-order valence-electron chi connectivity index (χ0n) is 9.13. The largest absolute Gasteiger partial charge is 0.272 e. The first kappa shape index (κ1) is 10.0. The summed E-state index contributed by atoms with van der Waals surface area (Å²) in [7, 11) is 1.97. The van der Waals surface area contributed by atoms with Gasteiger partial charge in [0, 0.05) is 18.3 Å². The molecule has 0 aliphatic heterocycles. The van der Waals surface area contributed by atoms with Crippen molar-refractivity contribution in [1.82, 2.24) is 9.78 Å². The third-order valence-electron chi connectivity index (χ3n) is 2.57. The highest BCUT2D eigenvalue weighted by atomic mass is 15.3. The van der Waals surface area contributed by atoms with Crippen molar-refractivity contribution in [3.8, 4) is 0 Å². The maximum absolute atomic E-state index is 4.20. The molecule has 0 N–H and O–H groups in total. The molecule has 2 nitrogen and oxygen atoms in total. The zero-order valence-corrected chi connectivity index (χ0v) is 9.13. The molecule has 0 aromatic carbocycles. The number of hydrogen-bond acceptors (Lipinski definition) is 1. The van der Waals surface area contributed by atoms with E-state index in [-0.39, 0.29) is 0 Å². The van der Waals surface area contributed by atoms with Crippen LogP contribution in [-0.4, -0.2) is 9.78 Å². The van der Waals surface area contributed by atoms with E-state index in [0.29, 0.717) is 5.92 Å². The summed E-state index contributed by atoms with van der Waals surface area (Å²) in [6, 6.07) is 0. The second kappa shape index (κ2) is 3.77. The second-order valence-electron chi connectivity index (χ2n) is 3.85. The Kier molecular flexibility index (Phi) is 2.91. The van der Waals surface area contributed by atoms with E-state index in [1.54, 1.807) is 0 Å². The van der Waals surface area contributed by atoms with Crippen LogP contribution in [0.5, 0.6) is 0 Å². The summed E-state index contributed by atoms with van der Waals surface area (Å²) in [5.74, 6) is 0.611. The first-order valence-electron chi connectivity index (χ1n) is 4.69. The number of hydrogen-bond donors (Lipinski definition) is 0. The topological polar surface area (TPSA) is 17.8 Å². The van der Waals surface area contributed by atoms with E-state index in [1.165, 1.54) is 16.8 Å². The molecule has 1 rings (SSSR count). The molecule has 2 heteroatoms. The highest BCUT2D eigenvalue weighted by molar-refractivity contribution is 5.54. The molecule has 0 saturated carbocycles. The Balaban J connectivity index is 2.97. The van der Waals surface area contributed by atoms with E-state index < -0.39 is 0 Å². The Morgan fingerprint density at radius 1 is 1.54 bits per heavy atom. The van der Waals surface area contributed by atoms with Gasteiger partial charge in [0.1, 0.15) is 0 Å². The average Bonchev–Trinajstić information content (AvgIpc) is 2.36. The summed E-state index contributed by atoms with van der Waals surface area (Å²) in [6.07, 6.45) is 4.13. The molecular formula is C11H18N2. The quantitative estimate of drug-likeness (QED) is 0.681. The Hall–Kier alpha value is -1.05. The predicted octanol–water partition coefficient (Wildman–Crippen LogP) is 2.79. The van der Waals surface area contributed by atoms with Crippen LogP contribution in [0.4, 0.5) is 0 Å². The summed E-state index contributed by atoms with van der Waals surface area (Å²) in [5.41, 5.74) is 3.85. The molecule has 0 saturated heterocycles. The molecule has 0 atom stereocenters. The number of aryl methyl sites for hydroxylation is 1. The summed E-state index contributed by atoms with van der Waals surface area (Å²) < 4.78 is 1.90. The lowest BCUT2D eigenvalue weighted by Crippen LogP contribution is -1.93. The summed E-state index contributed by atoms with van der Waals surface area (Å²) in [4.78, 5) is 0. The van der Waals surface area contributed by atoms with Crippen LogP contribution >= 0.6 is 0 Å². The lowest BCUT2D eigenvalue weighted by atomic mass is 10.0. The van der Waals surface area contributed by atoms with E-state index in [1.807, 2.05) is 17.9 Å². The molecule has 13 heavy (non-hydrogen) atoms. The first-order chi connectivity index (χ1) is 6.02. The van der Waals surface area contributed by atoms with Gasteiger partial charge in [-0.15, -0.1) is 0 Å². The van der Waals surface area contributed by atoms with Crippen LogP contribution in [0.25, 0.3) is 6.08 Å². The molecule has 0 unspecified atom stereocenters. The van der Waals surface area contributed by atoms with Gasteiger partial charge in [-0.2, -0.15) is 5.10 Å². The third-order valence-corrected chi connectivity index (χ3v) is 2.57. The molecule has 0 bridgehead atoms. The number of rotatable bonds is 2. The number of aromatic nitrogens is 2. The van der Waals surface area contributed by atoms with Gasteiger partial charge in [-0.1, -0.05) is 25.5 Å². The maximum Gasteiger partial charge on any atom is 0.0564 e. The SMILES string of the molecule is C/C(=C/c1cnn(C)c1C)C(C)C. The van der Waals surface area contributed by atoms with Crippen molar-refractivity contribution in [3.05, 3.63) is 23.0 Å². The molecule has 0 spiro atoms. The smallest absolute Gasteiger partial charge is 0.0564 e. The third kappa shape index (κ3) is 2.20. The van der Waals surface area contributed by atoms with E-state index >= 15 is 0 Å². The zero-order chi connectivity index (χ0) is 10.0. The minimum absolute atomic E-state index is 0.611. The second-order valence-corrected chi connectivity index (χ2v) is 3.85. The van der Waals surface area contributed by atoms with Gasteiger partial charge in [0.2, 0.25) is 0 Å². The molecule has 0 fully saturated rings. The van der Waals surface area contributed by atoms with Crippen LogP contribution < -0.4 is 0 Å². The van der Waals surface area contributed by atoms with Gasteiger partial charge in [-0.05, 0) is 19.8 Å². The van der Waals surface area contributed by atoms with Crippen molar-refractivity contribution in [2.75, 3.05) is 0 Å². The Bertz CT molecular complexity index is 319. The van der Waals surface area contributed by atoms with Crippen molar-refractivity contribution in [3.63, 3.8) is 0 Å². The molecule has 1 heterocycles. The van der Waals surface area contributed by atoms with Crippen LogP contribution in [0, 0.1) is 12.8 Å². The Morgan fingerprint density at radius 2 is 2.15 bits per heavy atom. The lowest BCUT2D eigenvalue weighted by molar-refractivity contribution is 0.739. The summed E-state index contributed by atoms with van der Waals surface area (Å²) >= 11 is 0. The van der Waals surface area contributed by atoms with Crippen molar-refractivity contribution in [1.29, 1.82) is 0 Å². The van der Waals surface area contributed by atoms with Gasteiger partial charge in [-0.3, -0.25) is 4.68 Å². The van der Waals surface area contributed by atoms with Gasteiger partial charge in [0.25, 0.3) is 0 Å². The van der Waals surface area contributed by atoms with Crippen molar-refractivity contribution < 1.29 is 0 Å². The van der Waals surface area contributed by atoms with Gasteiger partial charge >= 0.3 is 0 Å². The van der Waals surface area contributed by atoms with Crippen LogP contribution in [0.1, 0.15) is 32.0 Å². The molecule has 72 valence electrons. The monoisotopic (exact) mass is 178 g/mol. The van der Waals surface area contributed by atoms with Crippen LogP contribution in [0.2, 0.25) is 0 Å². The molecule has 1 aromatic rings. The van der Waals surface area contributed by atoms with Crippen LogP contribution in [0.3, 0.4) is 0 Å². The number of allylic oxidation sites excluding steroid dienone is 1. The van der Waals surface area contributed by atoms with E-state index in [0.717, 1.165) is 0 Å². The standard InChI is InChI=1S/C11H18N2/c1-8(2)9(3)6-11-7-12-13(5)10(11)4/h6-8H,1-5H3/b9-6-. The van der Waals surface area contributed by atoms with Crippen LogP contribution in [0.15, 0.2) is 11.8 Å². The predicted molar refractivity (Wildman–Crippen MR) is 56.4 cm³/mol. The maximum atomic E-state index is 4.20. The van der Waals surface area contributed by atoms with Gasteiger partial charge < -0.3 is 0 Å². The summed E-state index contributed by atoms with van der Waals surface area (Å²) in [6.45, 7) is 8.67. The molecule has 0 radical (unpaired) electrons. The van der Waals surface area contributed by atoms with Crippen molar-refractivity contribution in [2.45, 2.75) is 27.7 Å². The average molecular weight is 178 g/mol. The molecule has 0 amide bonds. The van der Waals surface area contributed by atoms with Gasteiger partial charge in [-0.25, -0.2) is 0 Å². The Morgan fingerprint density at radius 3 is 2.54 bits per heavy atom. The van der Waals surface area contributed by atoms with Gasteiger partial charge in [0.15, 0.2) is 0 Å².